The summed E-state index contributed by atoms with van der Waals surface area (Å²) >= 11 is 6.74. The molecule has 2 N–H and O–H groups in total. The van der Waals surface area contributed by atoms with Crippen molar-refractivity contribution in [1.82, 2.24) is 10.2 Å². The number of hydrogen-bond acceptors (Lipinski definition) is 6. The molecule has 34 heavy (non-hydrogen) atoms. The van der Waals surface area contributed by atoms with Gasteiger partial charge in [-0.05, 0) is 36.6 Å². The molecule has 1 unspecified atom stereocenters. The number of rotatable bonds is 8. The molecule has 2 aromatic carbocycles. The van der Waals surface area contributed by atoms with Crippen LogP contribution in [-0.2, 0) is 6.42 Å². The first-order chi connectivity index (χ1) is 16.4. The van der Waals surface area contributed by atoms with Crippen LogP contribution < -0.4 is 19.5 Å². The molecule has 0 bridgehead atoms. The van der Waals surface area contributed by atoms with E-state index in [0.29, 0.717) is 30.0 Å². The lowest BCUT2D eigenvalue weighted by Crippen LogP contribution is -2.52. The van der Waals surface area contributed by atoms with E-state index in [-0.39, 0.29) is 29.7 Å². The summed E-state index contributed by atoms with van der Waals surface area (Å²) in [6.07, 6.45) is 3.66. The maximum atomic E-state index is 12.6. The van der Waals surface area contributed by atoms with Gasteiger partial charge >= 0.3 is 0 Å². The Morgan fingerprint density at radius 3 is 2.88 bits per heavy atom. The maximum absolute atomic E-state index is 12.6. The quantitative estimate of drug-likeness (QED) is 0.440. The lowest BCUT2D eigenvalue weighted by Gasteiger charge is -2.42. The molecule has 1 spiro atoms. The highest BCUT2D eigenvalue weighted by atomic mass is 35.5. The van der Waals surface area contributed by atoms with E-state index < -0.39 is 6.10 Å². The van der Waals surface area contributed by atoms with Crippen molar-refractivity contribution in [3.05, 3.63) is 53.6 Å². The first kappa shape index (κ1) is 23.3. The number of carbonyl (C=O) groups excluding carboxylic acids is 1. The topological polar surface area (TPSA) is 80.3 Å². The van der Waals surface area contributed by atoms with Gasteiger partial charge in [-0.2, -0.15) is 0 Å². The normalized spacial score (nSPS) is 24.9. The molecule has 2 aliphatic heterocycles. The van der Waals surface area contributed by atoms with Crippen LogP contribution in [0.15, 0.2) is 42.5 Å². The lowest BCUT2D eigenvalue weighted by molar-refractivity contribution is -0.0124. The number of fused-ring (bicyclic) bond motifs is 1. The second-order valence-electron chi connectivity index (χ2n) is 9.53. The number of nitrogens with zero attached hydrogens (tertiary/aromatic N) is 1. The molecule has 1 saturated carbocycles. The molecule has 2 fully saturated rings. The van der Waals surface area contributed by atoms with Gasteiger partial charge in [0.2, 0.25) is 0 Å². The van der Waals surface area contributed by atoms with Gasteiger partial charge in [-0.1, -0.05) is 18.2 Å². The number of piperidine rings is 1. The Labute approximate surface area is 204 Å². The van der Waals surface area contributed by atoms with Crippen LogP contribution in [0.5, 0.6) is 17.2 Å². The van der Waals surface area contributed by atoms with E-state index in [1.807, 2.05) is 18.2 Å². The van der Waals surface area contributed by atoms with Crippen molar-refractivity contribution in [2.24, 2.45) is 0 Å². The molecule has 1 aliphatic carbocycles. The smallest absolute Gasteiger partial charge is 0.255 e. The first-order valence-corrected chi connectivity index (χ1v) is 12.3. The van der Waals surface area contributed by atoms with Gasteiger partial charge in [0.15, 0.2) is 0 Å². The number of ether oxygens (including phenoxy) is 3. The number of aliphatic hydroxyl groups is 1. The molecule has 0 aromatic heterocycles. The van der Waals surface area contributed by atoms with Crippen LogP contribution in [0.1, 0.15) is 41.6 Å². The Kier molecular flexibility index (Phi) is 6.60. The van der Waals surface area contributed by atoms with Gasteiger partial charge < -0.3 is 24.6 Å². The van der Waals surface area contributed by atoms with E-state index in [0.717, 1.165) is 38.0 Å². The number of β-amino-alcohol motifs (C(OH)–C–C–N with tert-alkyl or cyclic N) is 1. The largest absolute Gasteiger partial charge is 0.497 e. The highest BCUT2D eigenvalue weighted by Crippen LogP contribution is 2.43. The van der Waals surface area contributed by atoms with Crippen molar-refractivity contribution >= 4 is 17.5 Å². The minimum absolute atomic E-state index is 0.0457. The standard InChI is InChI=1S/C26H31ClN2O5/c1-32-20-8-9-21(25(31)28-18-6-7-18)23(12-20)33-16-19(30)15-29-11-10-26(14-24(29)27)13-17-4-2-3-5-22(17)34-26/h2-5,8-9,12,18-19,24,30H,6-7,10-11,13-16H2,1H3,(H,28,31)/t19-,24?,26+/m0/s1. The molecular formula is C26H31ClN2O5. The zero-order valence-electron chi connectivity index (χ0n) is 19.3. The fraction of sp³-hybridized carbons (Fsp3) is 0.500. The molecule has 3 atom stereocenters. The number of aliphatic hydroxyl groups excluding tert-OH is 1. The van der Waals surface area contributed by atoms with Crippen molar-refractivity contribution in [2.75, 3.05) is 26.8 Å². The van der Waals surface area contributed by atoms with Crippen molar-refractivity contribution in [1.29, 1.82) is 0 Å². The van der Waals surface area contributed by atoms with Crippen molar-refractivity contribution in [3.63, 3.8) is 0 Å². The molecule has 5 rings (SSSR count). The molecule has 1 amide bonds. The second-order valence-corrected chi connectivity index (χ2v) is 10.0. The second kappa shape index (κ2) is 9.64. The minimum Gasteiger partial charge on any atom is -0.497 e. The Bertz CT molecular complexity index is 1020. The highest BCUT2D eigenvalue weighted by molar-refractivity contribution is 6.20. The molecular weight excluding hydrogens is 456 g/mol. The van der Waals surface area contributed by atoms with Gasteiger partial charge in [-0.15, -0.1) is 11.6 Å². The lowest BCUT2D eigenvalue weighted by atomic mass is 9.87. The van der Waals surface area contributed by atoms with Gasteiger partial charge in [-0.3, -0.25) is 9.69 Å². The molecule has 2 aromatic rings. The fourth-order valence-electron chi connectivity index (χ4n) is 4.79. The molecule has 182 valence electrons. The predicted octanol–water partition coefficient (Wildman–Crippen LogP) is 3.36. The molecule has 0 radical (unpaired) electrons. The average molecular weight is 487 g/mol. The van der Waals surface area contributed by atoms with Gasteiger partial charge in [0.05, 0.1) is 18.2 Å². The van der Waals surface area contributed by atoms with Gasteiger partial charge in [0.25, 0.3) is 5.91 Å². The number of halogens is 1. The molecule has 2 heterocycles. The summed E-state index contributed by atoms with van der Waals surface area (Å²) < 4.78 is 17.5. The Hall–Kier alpha value is -2.48. The first-order valence-electron chi connectivity index (χ1n) is 11.9. The fourth-order valence-corrected chi connectivity index (χ4v) is 5.25. The minimum atomic E-state index is -0.762. The summed E-state index contributed by atoms with van der Waals surface area (Å²) in [5, 5.41) is 13.7. The Morgan fingerprint density at radius 1 is 1.32 bits per heavy atom. The summed E-state index contributed by atoms with van der Waals surface area (Å²) in [5.41, 5.74) is 1.16. The average Bonchev–Trinajstić information content (AvgIpc) is 3.57. The highest BCUT2D eigenvalue weighted by Gasteiger charge is 2.45. The van der Waals surface area contributed by atoms with Crippen molar-refractivity contribution in [2.45, 2.75) is 55.4 Å². The Morgan fingerprint density at radius 2 is 2.15 bits per heavy atom. The molecule has 8 heteroatoms. The number of carbonyl (C=O) groups is 1. The van der Waals surface area contributed by atoms with Gasteiger partial charge in [0.1, 0.15) is 35.6 Å². The SMILES string of the molecule is COc1ccc(C(=O)NC2CC2)c(OC[C@@H](O)CN2CC[C@@]3(Cc4ccccc4O3)CC2Cl)c1. The summed E-state index contributed by atoms with van der Waals surface area (Å²) in [4.78, 5) is 14.7. The zero-order valence-corrected chi connectivity index (χ0v) is 20.1. The van der Waals surface area contributed by atoms with Crippen LogP contribution >= 0.6 is 11.6 Å². The van der Waals surface area contributed by atoms with E-state index >= 15 is 0 Å². The maximum Gasteiger partial charge on any atom is 0.255 e. The van der Waals surface area contributed by atoms with Crippen molar-refractivity contribution in [3.8, 4) is 17.2 Å². The summed E-state index contributed by atoms with van der Waals surface area (Å²) in [6, 6.07) is 13.5. The van der Waals surface area contributed by atoms with Gasteiger partial charge in [0, 0.05) is 44.5 Å². The van der Waals surface area contributed by atoms with Crippen LogP contribution in [0.25, 0.3) is 0 Å². The molecule has 1 saturated heterocycles. The number of likely N-dealkylation sites (tertiary alicyclic amines) is 1. The van der Waals surface area contributed by atoms with E-state index in [1.165, 1.54) is 5.56 Å². The van der Waals surface area contributed by atoms with Crippen LogP contribution in [0, 0.1) is 0 Å². The zero-order chi connectivity index (χ0) is 23.7. The number of methoxy groups -OCH3 is 1. The van der Waals surface area contributed by atoms with Crippen molar-refractivity contribution < 1.29 is 24.1 Å². The number of hydrogen-bond donors (Lipinski definition) is 2. The number of alkyl halides is 1. The van der Waals surface area contributed by atoms with E-state index in [4.69, 9.17) is 25.8 Å². The summed E-state index contributed by atoms with van der Waals surface area (Å²) in [5.74, 6) is 1.77. The van der Waals surface area contributed by atoms with Crippen LogP contribution in [0.2, 0.25) is 0 Å². The number of nitrogens with one attached hydrogen (secondary N) is 1. The van der Waals surface area contributed by atoms with Crippen LogP contribution in [-0.4, -0.2) is 66.0 Å². The van der Waals surface area contributed by atoms with E-state index in [9.17, 15) is 9.90 Å². The van der Waals surface area contributed by atoms with E-state index in [2.05, 4.69) is 16.3 Å². The summed E-state index contributed by atoms with van der Waals surface area (Å²) in [6.45, 7) is 1.16. The monoisotopic (exact) mass is 486 g/mol. The number of benzene rings is 2. The van der Waals surface area contributed by atoms with E-state index in [1.54, 1.807) is 25.3 Å². The van der Waals surface area contributed by atoms with Crippen LogP contribution in [0.4, 0.5) is 0 Å². The predicted molar refractivity (Wildman–Crippen MR) is 129 cm³/mol. The number of para-hydroxylation sites is 1. The third-order valence-electron chi connectivity index (χ3n) is 6.83. The van der Waals surface area contributed by atoms with Crippen LogP contribution in [0.3, 0.4) is 0 Å². The molecule has 7 nitrogen and oxygen atoms in total. The Balaban J connectivity index is 1.16. The van der Waals surface area contributed by atoms with Gasteiger partial charge in [-0.25, -0.2) is 0 Å². The summed E-state index contributed by atoms with van der Waals surface area (Å²) in [7, 11) is 1.56. The number of amides is 1. The third-order valence-corrected chi connectivity index (χ3v) is 7.26. The molecule has 3 aliphatic rings. The third kappa shape index (κ3) is 5.11.